The molecule has 6 nitrogen and oxygen atoms in total. The lowest BCUT2D eigenvalue weighted by Crippen LogP contribution is -2.42. The molecule has 1 rings (SSSR count). The number of hydrogen-bond acceptors (Lipinski definition) is 4. The summed E-state index contributed by atoms with van der Waals surface area (Å²) in [5.41, 5.74) is 5.04. The van der Waals surface area contributed by atoms with Gasteiger partial charge in [-0.1, -0.05) is 11.6 Å². The molecule has 1 unspecified atom stereocenters. The molecule has 0 aliphatic rings. The summed E-state index contributed by atoms with van der Waals surface area (Å²) in [5, 5.41) is 11.1. The van der Waals surface area contributed by atoms with E-state index >= 15 is 0 Å². The Labute approximate surface area is 108 Å². The lowest BCUT2D eigenvalue weighted by atomic mass is 10.2. The van der Waals surface area contributed by atoms with Crippen molar-refractivity contribution in [2.24, 2.45) is 5.73 Å². The molecule has 1 aromatic carbocycles. The minimum Gasteiger partial charge on any atom is -0.479 e. The monoisotopic (exact) mass is 267 g/mol. The molecule has 0 fully saturated rings. The number of benzene rings is 1. The zero-order chi connectivity index (χ0) is 13.7. The summed E-state index contributed by atoms with van der Waals surface area (Å²) in [7, 11) is 0. The van der Waals surface area contributed by atoms with E-state index in [-0.39, 0.29) is 11.3 Å². The summed E-state index contributed by atoms with van der Waals surface area (Å²) in [4.78, 5) is 21.9. The maximum Gasteiger partial charge on any atom is 0.318 e. The van der Waals surface area contributed by atoms with Crippen LogP contribution in [0, 0.1) is 11.3 Å². The number of nitriles is 1. The predicted molar refractivity (Wildman–Crippen MR) is 64.0 cm³/mol. The SMILES string of the molecule is CC(Oc1cc(Cl)ccc1C#N)C(=O)NC(N)=O. The van der Waals surface area contributed by atoms with Gasteiger partial charge in [0.05, 0.1) is 5.56 Å². The number of urea groups is 1. The molecular weight excluding hydrogens is 258 g/mol. The Morgan fingerprint density at radius 2 is 2.22 bits per heavy atom. The van der Waals surface area contributed by atoms with Crippen molar-refractivity contribution in [2.75, 3.05) is 0 Å². The molecule has 1 aromatic rings. The van der Waals surface area contributed by atoms with Crippen molar-refractivity contribution in [1.29, 1.82) is 5.26 Å². The number of primary amides is 1. The van der Waals surface area contributed by atoms with Crippen molar-refractivity contribution in [3.8, 4) is 11.8 Å². The van der Waals surface area contributed by atoms with Crippen molar-refractivity contribution >= 4 is 23.5 Å². The van der Waals surface area contributed by atoms with Gasteiger partial charge in [-0.05, 0) is 19.1 Å². The minimum atomic E-state index is -0.983. The highest BCUT2D eigenvalue weighted by molar-refractivity contribution is 6.30. The zero-order valence-electron chi connectivity index (χ0n) is 9.44. The molecule has 7 heteroatoms. The molecule has 94 valence electrons. The van der Waals surface area contributed by atoms with Crippen LogP contribution >= 0.6 is 11.6 Å². The molecule has 0 saturated heterocycles. The maximum atomic E-state index is 11.4. The minimum absolute atomic E-state index is 0.164. The van der Waals surface area contributed by atoms with Gasteiger partial charge in [0.15, 0.2) is 6.10 Å². The number of imide groups is 1. The fourth-order valence-electron chi connectivity index (χ4n) is 1.15. The van der Waals surface area contributed by atoms with E-state index in [9.17, 15) is 9.59 Å². The highest BCUT2D eigenvalue weighted by atomic mass is 35.5. The van der Waals surface area contributed by atoms with Crippen LogP contribution in [0.4, 0.5) is 4.79 Å². The smallest absolute Gasteiger partial charge is 0.318 e. The number of amides is 3. The summed E-state index contributed by atoms with van der Waals surface area (Å²) >= 11 is 5.76. The summed E-state index contributed by atoms with van der Waals surface area (Å²) in [6, 6.07) is 5.34. The number of nitrogens with two attached hydrogens (primary N) is 1. The molecule has 0 saturated carbocycles. The number of carbonyl (C=O) groups is 2. The highest BCUT2D eigenvalue weighted by Gasteiger charge is 2.17. The van der Waals surface area contributed by atoms with E-state index in [2.05, 4.69) is 0 Å². The lowest BCUT2D eigenvalue weighted by Gasteiger charge is -2.14. The molecule has 18 heavy (non-hydrogen) atoms. The molecule has 1 atom stereocenters. The highest BCUT2D eigenvalue weighted by Crippen LogP contribution is 2.23. The second-order valence-corrected chi connectivity index (χ2v) is 3.80. The average Bonchev–Trinajstić information content (AvgIpc) is 2.28. The molecule has 0 aliphatic carbocycles. The van der Waals surface area contributed by atoms with Gasteiger partial charge in [0, 0.05) is 11.1 Å². The molecule has 3 amide bonds. The van der Waals surface area contributed by atoms with Crippen molar-refractivity contribution in [1.82, 2.24) is 5.32 Å². The van der Waals surface area contributed by atoms with Crippen molar-refractivity contribution in [2.45, 2.75) is 13.0 Å². The summed E-state index contributed by atoms with van der Waals surface area (Å²) < 4.78 is 5.25. The summed E-state index contributed by atoms with van der Waals surface area (Å²) in [6.07, 6.45) is -0.983. The van der Waals surface area contributed by atoms with Gasteiger partial charge in [-0.15, -0.1) is 0 Å². The van der Waals surface area contributed by atoms with Gasteiger partial charge in [0.2, 0.25) is 0 Å². The molecule has 0 bridgehead atoms. The third-order valence-corrected chi connectivity index (χ3v) is 2.22. The van der Waals surface area contributed by atoms with Gasteiger partial charge < -0.3 is 10.5 Å². The first-order valence-electron chi connectivity index (χ1n) is 4.90. The first kappa shape index (κ1) is 13.8. The third-order valence-electron chi connectivity index (χ3n) is 1.98. The molecule has 0 radical (unpaired) electrons. The van der Waals surface area contributed by atoms with Crippen LogP contribution in [0.1, 0.15) is 12.5 Å². The van der Waals surface area contributed by atoms with Gasteiger partial charge in [0.25, 0.3) is 5.91 Å². The normalized spacial score (nSPS) is 11.2. The fraction of sp³-hybridized carbons (Fsp3) is 0.182. The molecule has 3 N–H and O–H groups in total. The van der Waals surface area contributed by atoms with Crippen LogP contribution in [-0.2, 0) is 4.79 Å². The number of carbonyl (C=O) groups excluding carboxylic acids is 2. The molecule has 0 heterocycles. The van der Waals surface area contributed by atoms with Crippen molar-refractivity contribution < 1.29 is 14.3 Å². The van der Waals surface area contributed by atoms with E-state index in [1.807, 2.05) is 11.4 Å². The number of nitrogens with zero attached hydrogens (tertiary/aromatic N) is 1. The van der Waals surface area contributed by atoms with Crippen LogP contribution < -0.4 is 15.8 Å². The Bertz CT molecular complexity index is 525. The Hall–Kier alpha value is -2.26. The topological polar surface area (TPSA) is 105 Å². The molecule has 0 aliphatic heterocycles. The molecule has 0 aromatic heterocycles. The van der Waals surface area contributed by atoms with Gasteiger partial charge in [-0.25, -0.2) is 4.79 Å². The van der Waals surface area contributed by atoms with Crippen LogP contribution in [0.5, 0.6) is 5.75 Å². The van der Waals surface area contributed by atoms with E-state index in [0.717, 1.165) is 0 Å². The van der Waals surface area contributed by atoms with E-state index in [0.29, 0.717) is 5.02 Å². The molecule has 0 spiro atoms. The average molecular weight is 268 g/mol. The second kappa shape index (κ2) is 5.89. The zero-order valence-corrected chi connectivity index (χ0v) is 10.2. The number of hydrogen-bond donors (Lipinski definition) is 2. The number of ether oxygens (including phenoxy) is 1. The standard InChI is InChI=1S/C11H10ClN3O3/c1-6(10(16)15-11(14)17)18-9-4-8(12)3-2-7(9)5-13/h2-4,6H,1H3,(H3,14,15,16,17). The largest absolute Gasteiger partial charge is 0.479 e. The van der Waals surface area contributed by atoms with Crippen LogP contribution in [0.15, 0.2) is 18.2 Å². The first-order valence-corrected chi connectivity index (χ1v) is 5.28. The lowest BCUT2D eigenvalue weighted by molar-refractivity contribution is -0.126. The van der Waals surface area contributed by atoms with E-state index < -0.39 is 18.0 Å². The van der Waals surface area contributed by atoms with E-state index in [4.69, 9.17) is 27.3 Å². The maximum absolute atomic E-state index is 11.4. The Morgan fingerprint density at radius 1 is 1.56 bits per heavy atom. The third kappa shape index (κ3) is 3.64. The van der Waals surface area contributed by atoms with E-state index in [1.165, 1.54) is 25.1 Å². The Morgan fingerprint density at radius 3 is 2.78 bits per heavy atom. The molecular formula is C11H10ClN3O3. The quantitative estimate of drug-likeness (QED) is 0.857. The number of nitrogens with one attached hydrogen (secondary N) is 1. The Balaban J connectivity index is 2.84. The van der Waals surface area contributed by atoms with Gasteiger partial charge >= 0.3 is 6.03 Å². The summed E-state index contributed by atoms with van der Waals surface area (Å²) in [5.74, 6) is -0.538. The van der Waals surface area contributed by atoms with Crippen molar-refractivity contribution in [3.63, 3.8) is 0 Å². The second-order valence-electron chi connectivity index (χ2n) is 3.37. The first-order chi connectivity index (χ1) is 8.43. The predicted octanol–water partition coefficient (Wildman–Crippen LogP) is 1.17. The van der Waals surface area contributed by atoms with Gasteiger partial charge in [-0.2, -0.15) is 5.26 Å². The van der Waals surface area contributed by atoms with Gasteiger partial charge in [0.1, 0.15) is 11.8 Å². The van der Waals surface area contributed by atoms with Gasteiger partial charge in [-0.3, -0.25) is 10.1 Å². The number of halogens is 1. The Kier molecular flexibility index (Phi) is 4.52. The van der Waals surface area contributed by atoms with Crippen LogP contribution in [0.2, 0.25) is 5.02 Å². The number of rotatable bonds is 3. The van der Waals surface area contributed by atoms with E-state index in [1.54, 1.807) is 0 Å². The fourth-order valence-corrected chi connectivity index (χ4v) is 1.32. The summed E-state index contributed by atoms with van der Waals surface area (Å²) in [6.45, 7) is 1.42. The van der Waals surface area contributed by atoms with Crippen LogP contribution in [0.25, 0.3) is 0 Å². The van der Waals surface area contributed by atoms with Crippen LogP contribution in [0.3, 0.4) is 0 Å². The van der Waals surface area contributed by atoms with Crippen molar-refractivity contribution in [3.05, 3.63) is 28.8 Å². The van der Waals surface area contributed by atoms with Crippen LogP contribution in [-0.4, -0.2) is 18.0 Å².